The third kappa shape index (κ3) is 2.70. The van der Waals surface area contributed by atoms with Crippen LogP contribution in [0, 0.1) is 6.92 Å². The van der Waals surface area contributed by atoms with Crippen LogP contribution < -0.4 is 0 Å². The molecule has 3 aromatic rings. The van der Waals surface area contributed by atoms with E-state index in [1.807, 2.05) is 25.3 Å². The first-order valence-corrected chi connectivity index (χ1v) is 6.74. The summed E-state index contributed by atoms with van der Waals surface area (Å²) < 4.78 is 0. The molecule has 0 bridgehead atoms. The van der Waals surface area contributed by atoms with E-state index in [0.29, 0.717) is 0 Å². The highest BCUT2D eigenvalue weighted by Crippen LogP contribution is 2.14. The van der Waals surface area contributed by atoms with E-state index in [9.17, 15) is 0 Å². The number of nitrogens with zero attached hydrogens (tertiary/aromatic N) is 3. The zero-order valence-corrected chi connectivity index (χ0v) is 11.8. The summed E-state index contributed by atoms with van der Waals surface area (Å²) >= 11 is 0. The normalized spacial score (nSPS) is 11.3. The van der Waals surface area contributed by atoms with Crippen LogP contribution >= 0.6 is 0 Å². The molecule has 0 amide bonds. The van der Waals surface area contributed by atoms with Crippen molar-refractivity contribution in [1.29, 1.82) is 0 Å². The fourth-order valence-electron chi connectivity index (χ4n) is 2.35. The number of fused-ring (bicyclic) bond motifs is 1. The Balaban J connectivity index is 1.74. The molecule has 2 heterocycles. The first-order chi connectivity index (χ1) is 9.72. The smallest absolute Gasteiger partial charge is 0.0705 e. The standard InChI is InChI=1S/C16H18N4/c1-12-14(9-17-19-12)10-20(2)11-15-8-7-13-5-3-4-6-16(13)18-15/h3-9H,10-11H2,1-2H3,(H,17,19). The van der Waals surface area contributed by atoms with Crippen molar-refractivity contribution < 1.29 is 0 Å². The molecule has 0 radical (unpaired) electrons. The minimum absolute atomic E-state index is 0.829. The largest absolute Gasteiger partial charge is 0.296 e. The molecule has 0 saturated heterocycles. The van der Waals surface area contributed by atoms with Crippen LogP contribution in [0.5, 0.6) is 0 Å². The molecule has 1 N–H and O–H groups in total. The summed E-state index contributed by atoms with van der Waals surface area (Å²) in [5.41, 5.74) is 4.50. The maximum atomic E-state index is 4.70. The maximum absolute atomic E-state index is 4.70. The molecule has 0 aliphatic heterocycles. The maximum Gasteiger partial charge on any atom is 0.0705 e. The lowest BCUT2D eigenvalue weighted by atomic mass is 10.2. The van der Waals surface area contributed by atoms with Crippen molar-refractivity contribution in [2.75, 3.05) is 7.05 Å². The van der Waals surface area contributed by atoms with Gasteiger partial charge < -0.3 is 0 Å². The van der Waals surface area contributed by atoms with Gasteiger partial charge in [-0.2, -0.15) is 5.10 Å². The van der Waals surface area contributed by atoms with Crippen LogP contribution in [0.1, 0.15) is 17.0 Å². The Morgan fingerprint density at radius 3 is 2.75 bits per heavy atom. The molecule has 0 fully saturated rings. The highest BCUT2D eigenvalue weighted by atomic mass is 15.1. The lowest BCUT2D eigenvalue weighted by Crippen LogP contribution is -2.18. The van der Waals surface area contributed by atoms with E-state index in [0.717, 1.165) is 30.0 Å². The fraction of sp³-hybridized carbons (Fsp3) is 0.250. The Bertz CT molecular complexity index is 717. The summed E-state index contributed by atoms with van der Waals surface area (Å²) in [7, 11) is 2.10. The van der Waals surface area contributed by atoms with Gasteiger partial charge in [0, 0.05) is 29.7 Å². The number of pyridine rings is 1. The summed E-state index contributed by atoms with van der Waals surface area (Å²) in [6.07, 6.45) is 1.89. The van der Waals surface area contributed by atoms with Crippen molar-refractivity contribution in [2.24, 2.45) is 0 Å². The number of hydrogen-bond acceptors (Lipinski definition) is 3. The highest BCUT2D eigenvalue weighted by Gasteiger charge is 2.07. The second-order valence-corrected chi connectivity index (χ2v) is 5.19. The predicted octanol–water partition coefficient (Wildman–Crippen LogP) is 2.90. The molecule has 0 aliphatic carbocycles. The SMILES string of the molecule is Cc1[nH]ncc1CN(C)Cc1ccc2ccccc2n1. The van der Waals surface area contributed by atoms with E-state index in [-0.39, 0.29) is 0 Å². The van der Waals surface area contributed by atoms with Gasteiger partial charge in [-0.1, -0.05) is 24.3 Å². The first kappa shape index (κ1) is 12.8. The van der Waals surface area contributed by atoms with Gasteiger partial charge in [0.1, 0.15) is 0 Å². The summed E-state index contributed by atoms with van der Waals surface area (Å²) in [4.78, 5) is 6.95. The minimum Gasteiger partial charge on any atom is -0.296 e. The van der Waals surface area contributed by atoms with Gasteiger partial charge in [-0.05, 0) is 26.1 Å². The Morgan fingerprint density at radius 1 is 1.10 bits per heavy atom. The summed E-state index contributed by atoms with van der Waals surface area (Å²) in [5, 5.41) is 8.21. The van der Waals surface area contributed by atoms with Crippen LogP contribution in [0.4, 0.5) is 0 Å². The summed E-state index contributed by atoms with van der Waals surface area (Å²) in [6, 6.07) is 12.4. The Hall–Kier alpha value is -2.20. The molecule has 102 valence electrons. The molecule has 0 unspecified atom stereocenters. The molecule has 4 heteroatoms. The number of nitrogens with one attached hydrogen (secondary N) is 1. The van der Waals surface area contributed by atoms with Crippen molar-refractivity contribution in [3.8, 4) is 0 Å². The number of rotatable bonds is 4. The molecular formula is C16H18N4. The molecule has 2 aromatic heterocycles. The second kappa shape index (κ2) is 5.43. The minimum atomic E-state index is 0.829. The molecular weight excluding hydrogens is 248 g/mol. The van der Waals surface area contributed by atoms with Crippen molar-refractivity contribution in [3.05, 3.63) is 59.5 Å². The van der Waals surface area contributed by atoms with Gasteiger partial charge in [0.2, 0.25) is 0 Å². The lowest BCUT2D eigenvalue weighted by molar-refractivity contribution is 0.315. The van der Waals surface area contributed by atoms with Crippen LogP contribution in [0.15, 0.2) is 42.6 Å². The number of aromatic nitrogens is 3. The first-order valence-electron chi connectivity index (χ1n) is 6.74. The summed E-state index contributed by atoms with van der Waals surface area (Å²) in [6.45, 7) is 3.75. The van der Waals surface area contributed by atoms with Gasteiger partial charge in [-0.25, -0.2) is 0 Å². The van der Waals surface area contributed by atoms with Crippen molar-refractivity contribution in [3.63, 3.8) is 0 Å². The number of aromatic amines is 1. The third-order valence-corrected chi connectivity index (χ3v) is 3.46. The zero-order valence-electron chi connectivity index (χ0n) is 11.8. The van der Waals surface area contributed by atoms with Crippen molar-refractivity contribution in [1.82, 2.24) is 20.1 Å². The molecule has 0 saturated carbocycles. The Morgan fingerprint density at radius 2 is 1.95 bits per heavy atom. The zero-order chi connectivity index (χ0) is 13.9. The van der Waals surface area contributed by atoms with Gasteiger partial charge in [0.25, 0.3) is 0 Å². The number of aryl methyl sites for hydroxylation is 1. The van der Waals surface area contributed by atoms with E-state index in [1.165, 1.54) is 10.9 Å². The van der Waals surface area contributed by atoms with Crippen LogP contribution in [0.2, 0.25) is 0 Å². The van der Waals surface area contributed by atoms with Crippen LogP contribution in [0.3, 0.4) is 0 Å². The van der Waals surface area contributed by atoms with E-state index < -0.39 is 0 Å². The number of para-hydroxylation sites is 1. The van der Waals surface area contributed by atoms with Crippen LogP contribution in [-0.4, -0.2) is 27.1 Å². The summed E-state index contributed by atoms with van der Waals surface area (Å²) in [5.74, 6) is 0. The fourth-order valence-corrected chi connectivity index (χ4v) is 2.35. The van der Waals surface area contributed by atoms with Crippen molar-refractivity contribution >= 4 is 10.9 Å². The molecule has 0 atom stereocenters. The monoisotopic (exact) mass is 266 g/mol. The molecule has 0 aliphatic rings. The average Bonchev–Trinajstić information content (AvgIpc) is 2.84. The van der Waals surface area contributed by atoms with Crippen molar-refractivity contribution in [2.45, 2.75) is 20.0 Å². The molecule has 3 rings (SSSR count). The molecule has 1 aromatic carbocycles. The van der Waals surface area contributed by atoms with Gasteiger partial charge in [0.15, 0.2) is 0 Å². The number of H-pyrrole nitrogens is 1. The predicted molar refractivity (Wildman–Crippen MR) is 80.2 cm³/mol. The number of benzene rings is 1. The van der Waals surface area contributed by atoms with Gasteiger partial charge in [-0.15, -0.1) is 0 Å². The van der Waals surface area contributed by atoms with Gasteiger partial charge in [-0.3, -0.25) is 15.0 Å². The Kier molecular flexibility index (Phi) is 3.48. The van der Waals surface area contributed by atoms with E-state index in [1.54, 1.807) is 0 Å². The molecule has 20 heavy (non-hydrogen) atoms. The number of hydrogen-bond donors (Lipinski definition) is 1. The third-order valence-electron chi connectivity index (χ3n) is 3.46. The quantitative estimate of drug-likeness (QED) is 0.789. The molecule has 0 spiro atoms. The average molecular weight is 266 g/mol. The van der Waals surface area contributed by atoms with E-state index in [4.69, 9.17) is 4.98 Å². The van der Waals surface area contributed by atoms with Crippen LogP contribution in [-0.2, 0) is 13.1 Å². The van der Waals surface area contributed by atoms with Gasteiger partial charge >= 0.3 is 0 Å². The van der Waals surface area contributed by atoms with Gasteiger partial charge in [0.05, 0.1) is 17.4 Å². The highest BCUT2D eigenvalue weighted by molar-refractivity contribution is 5.78. The van der Waals surface area contributed by atoms with E-state index >= 15 is 0 Å². The Labute approximate surface area is 118 Å². The molecule has 4 nitrogen and oxygen atoms in total. The van der Waals surface area contributed by atoms with E-state index in [2.05, 4.69) is 46.4 Å². The topological polar surface area (TPSA) is 44.8 Å². The van der Waals surface area contributed by atoms with Crippen LogP contribution in [0.25, 0.3) is 10.9 Å². The second-order valence-electron chi connectivity index (χ2n) is 5.19. The lowest BCUT2D eigenvalue weighted by Gasteiger charge is -2.16.